The maximum Gasteiger partial charge on any atom is 0.0108 e. The first-order valence-corrected chi connectivity index (χ1v) is 5.00. The number of halogens is 1. The van der Waals surface area contributed by atoms with Crippen LogP contribution < -0.4 is 5.32 Å². The lowest BCUT2D eigenvalue weighted by molar-refractivity contribution is 0.500. The van der Waals surface area contributed by atoms with E-state index in [4.69, 9.17) is 0 Å². The summed E-state index contributed by atoms with van der Waals surface area (Å²) in [4.78, 5) is 1.61. The number of hydrogen-bond acceptors (Lipinski definition) is 2. The minimum atomic E-state index is 0. The third-order valence-corrected chi connectivity index (χ3v) is 3.46. The molecule has 0 bridgehead atoms. The number of thiophene rings is 1. The Kier molecular flexibility index (Phi) is 3.56. The van der Waals surface area contributed by atoms with Crippen LogP contribution in [0.4, 0.5) is 0 Å². The van der Waals surface area contributed by atoms with Gasteiger partial charge in [0.25, 0.3) is 0 Å². The molecule has 1 heterocycles. The van der Waals surface area contributed by atoms with Crippen molar-refractivity contribution in [2.75, 3.05) is 7.05 Å². The summed E-state index contributed by atoms with van der Waals surface area (Å²) in [6, 6.07) is 2.99. The molecule has 1 aromatic rings. The van der Waals surface area contributed by atoms with E-state index in [2.05, 4.69) is 23.8 Å². The maximum atomic E-state index is 3.34. The number of rotatable bonds is 1. The zero-order chi connectivity index (χ0) is 7.68. The van der Waals surface area contributed by atoms with Gasteiger partial charge < -0.3 is 5.32 Å². The molecular formula is C9H14ClNS. The minimum Gasteiger partial charge on any atom is -0.317 e. The van der Waals surface area contributed by atoms with E-state index < -0.39 is 0 Å². The predicted molar refractivity (Wildman–Crippen MR) is 56.4 cm³/mol. The summed E-state index contributed by atoms with van der Waals surface area (Å²) in [6.07, 6.45) is 3.82. The summed E-state index contributed by atoms with van der Waals surface area (Å²) in [5.74, 6) is 0. The minimum absolute atomic E-state index is 0. The first-order chi connectivity index (χ1) is 5.40. The lowest BCUT2D eigenvalue weighted by Gasteiger charge is -2.21. The summed E-state index contributed by atoms with van der Waals surface area (Å²) < 4.78 is 0. The molecule has 0 aliphatic heterocycles. The molecule has 1 aliphatic rings. The Morgan fingerprint density at radius 1 is 1.58 bits per heavy atom. The van der Waals surface area contributed by atoms with E-state index in [0.717, 1.165) is 6.04 Å². The Morgan fingerprint density at radius 2 is 2.42 bits per heavy atom. The second kappa shape index (κ2) is 4.26. The molecule has 12 heavy (non-hydrogen) atoms. The van der Waals surface area contributed by atoms with Crippen molar-refractivity contribution < 1.29 is 0 Å². The van der Waals surface area contributed by atoms with Gasteiger partial charge in [-0.2, -0.15) is 0 Å². The normalized spacial score (nSPS) is 21.2. The van der Waals surface area contributed by atoms with E-state index in [9.17, 15) is 0 Å². The standard InChI is InChI=1S/C9H13NS.ClH/c1-10-8-2-3-9-7(6-8)4-5-11-9;/h4-5,8,10H,2-3,6H2,1H3;1H. The average molecular weight is 204 g/mol. The Hall–Kier alpha value is -0.0500. The van der Waals surface area contributed by atoms with Crippen LogP contribution in [0.25, 0.3) is 0 Å². The predicted octanol–water partition coefficient (Wildman–Crippen LogP) is 2.25. The molecule has 0 aromatic carbocycles. The summed E-state index contributed by atoms with van der Waals surface area (Å²) >= 11 is 1.91. The van der Waals surface area contributed by atoms with E-state index in [1.807, 2.05) is 11.3 Å². The molecular weight excluding hydrogens is 190 g/mol. The lowest BCUT2D eigenvalue weighted by Crippen LogP contribution is -2.30. The van der Waals surface area contributed by atoms with Gasteiger partial charge >= 0.3 is 0 Å². The van der Waals surface area contributed by atoms with Crippen molar-refractivity contribution in [2.45, 2.75) is 25.3 Å². The third-order valence-electron chi connectivity index (χ3n) is 2.43. The molecule has 1 aromatic heterocycles. The van der Waals surface area contributed by atoms with E-state index in [1.165, 1.54) is 19.3 Å². The van der Waals surface area contributed by atoms with Crippen molar-refractivity contribution in [3.63, 3.8) is 0 Å². The van der Waals surface area contributed by atoms with Gasteiger partial charge in [-0.1, -0.05) is 0 Å². The van der Waals surface area contributed by atoms with Crippen molar-refractivity contribution in [2.24, 2.45) is 0 Å². The van der Waals surface area contributed by atoms with Gasteiger partial charge in [-0.25, -0.2) is 0 Å². The second-order valence-electron chi connectivity index (χ2n) is 3.10. The smallest absolute Gasteiger partial charge is 0.0108 e. The Labute approximate surface area is 83.6 Å². The molecule has 1 atom stereocenters. The first-order valence-electron chi connectivity index (χ1n) is 4.12. The fraction of sp³-hybridized carbons (Fsp3) is 0.556. The average Bonchev–Trinajstić information content (AvgIpc) is 2.50. The van der Waals surface area contributed by atoms with Crippen molar-refractivity contribution in [1.82, 2.24) is 5.32 Å². The Bertz CT molecular complexity index is 246. The molecule has 0 spiro atoms. The number of aryl methyl sites for hydroxylation is 1. The second-order valence-corrected chi connectivity index (χ2v) is 4.10. The number of likely N-dealkylation sites (N-methyl/N-ethyl adjacent to an activating group) is 1. The molecule has 1 aliphatic carbocycles. The van der Waals surface area contributed by atoms with Crippen LogP contribution in [0.5, 0.6) is 0 Å². The van der Waals surface area contributed by atoms with Gasteiger partial charge in [-0.05, 0) is 43.3 Å². The molecule has 0 fully saturated rings. The van der Waals surface area contributed by atoms with Crippen LogP contribution in [0.15, 0.2) is 11.4 Å². The van der Waals surface area contributed by atoms with Gasteiger partial charge in [0.15, 0.2) is 0 Å². The zero-order valence-corrected chi connectivity index (χ0v) is 8.80. The van der Waals surface area contributed by atoms with Crippen LogP contribution in [0.2, 0.25) is 0 Å². The van der Waals surface area contributed by atoms with Gasteiger partial charge in [-0.3, -0.25) is 0 Å². The Morgan fingerprint density at radius 3 is 3.17 bits per heavy atom. The monoisotopic (exact) mass is 203 g/mol. The molecule has 68 valence electrons. The lowest BCUT2D eigenvalue weighted by atomic mass is 9.95. The fourth-order valence-corrected chi connectivity index (χ4v) is 2.62. The summed E-state index contributed by atoms with van der Waals surface area (Å²) in [5, 5.41) is 5.55. The first kappa shape index (κ1) is 10.0. The summed E-state index contributed by atoms with van der Waals surface area (Å²) in [5.41, 5.74) is 1.57. The third kappa shape index (κ3) is 1.82. The van der Waals surface area contributed by atoms with Gasteiger partial charge in [0.05, 0.1) is 0 Å². The van der Waals surface area contributed by atoms with Crippen molar-refractivity contribution >= 4 is 23.7 Å². The molecule has 0 saturated carbocycles. The highest BCUT2D eigenvalue weighted by Crippen LogP contribution is 2.25. The molecule has 0 radical (unpaired) electrons. The van der Waals surface area contributed by atoms with Crippen LogP contribution in [-0.2, 0) is 12.8 Å². The van der Waals surface area contributed by atoms with E-state index in [-0.39, 0.29) is 12.4 Å². The van der Waals surface area contributed by atoms with E-state index in [1.54, 1.807) is 10.4 Å². The van der Waals surface area contributed by atoms with E-state index >= 15 is 0 Å². The van der Waals surface area contributed by atoms with Crippen molar-refractivity contribution in [3.8, 4) is 0 Å². The fourth-order valence-electron chi connectivity index (χ4n) is 1.69. The van der Waals surface area contributed by atoms with Crippen LogP contribution in [0.1, 0.15) is 16.9 Å². The van der Waals surface area contributed by atoms with Gasteiger partial charge in [0, 0.05) is 10.9 Å². The topological polar surface area (TPSA) is 12.0 Å². The summed E-state index contributed by atoms with van der Waals surface area (Å²) in [6.45, 7) is 0. The molecule has 1 unspecified atom stereocenters. The van der Waals surface area contributed by atoms with Crippen LogP contribution in [-0.4, -0.2) is 13.1 Å². The highest BCUT2D eigenvalue weighted by Gasteiger charge is 2.17. The molecule has 0 amide bonds. The molecule has 1 nitrogen and oxygen atoms in total. The molecule has 3 heteroatoms. The molecule has 1 N–H and O–H groups in total. The molecule has 0 saturated heterocycles. The number of hydrogen-bond donors (Lipinski definition) is 1. The number of nitrogens with one attached hydrogen (secondary N) is 1. The summed E-state index contributed by atoms with van der Waals surface area (Å²) in [7, 11) is 2.06. The van der Waals surface area contributed by atoms with Crippen molar-refractivity contribution in [3.05, 3.63) is 21.9 Å². The maximum absolute atomic E-state index is 3.34. The molecule has 2 rings (SSSR count). The van der Waals surface area contributed by atoms with Crippen LogP contribution in [0, 0.1) is 0 Å². The quantitative estimate of drug-likeness (QED) is 0.739. The van der Waals surface area contributed by atoms with Crippen LogP contribution in [0.3, 0.4) is 0 Å². The Balaban J connectivity index is 0.000000720. The highest BCUT2D eigenvalue weighted by molar-refractivity contribution is 7.10. The van der Waals surface area contributed by atoms with Gasteiger partial charge in [0.1, 0.15) is 0 Å². The zero-order valence-electron chi connectivity index (χ0n) is 7.17. The largest absolute Gasteiger partial charge is 0.317 e. The van der Waals surface area contributed by atoms with Gasteiger partial charge in [-0.15, -0.1) is 23.7 Å². The number of fused-ring (bicyclic) bond motifs is 1. The van der Waals surface area contributed by atoms with Crippen molar-refractivity contribution in [1.29, 1.82) is 0 Å². The highest BCUT2D eigenvalue weighted by atomic mass is 35.5. The van der Waals surface area contributed by atoms with Gasteiger partial charge in [0.2, 0.25) is 0 Å². The SMILES string of the molecule is CNC1CCc2sccc2C1.Cl. The van der Waals surface area contributed by atoms with E-state index in [0.29, 0.717) is 0 Å². The van der Waals surface area contributed by atoms with Crippen LogP contribution >= 0.6 is 23.7 Å².